The van der Waals surface area contributed by atoms with Gasteiger partial charge in [0.05, 0.1) is 6.54 Å². The van der Waals surface area contributed by atoms with Crippen LogP contribution < -0.4 is 15.5 Å². The maximum Gasteiger partial charge on any atom is 0.234 e. The van der Waals surface area contributed by atoms with Crippen molar-refractivity contribution in [2.24, 2.45) is 0 Å². The van der Waals surface area contributed by atoms with Gasteiger partial charge in [-0.05, 0) is 32.0 Å². The predicted molar refractivity (Wildman–Crippen MR) is 73.9 cm³/mol. The van der Waals surface area contributed by atoms with E-state index in [1.165, 1.54) is 11.3 Å². The van der Waals surface area contributed by atoms with Crippen molar-refractivity contribution in [1.29, 1.82) is 0 Å². The number of nitrogens with zero attached hydrogens (tertiary/aromatic N) is 1. The van der Waals surface area contributed by atoms with Crippen molar-refractivity contribution in [1.82, 2.24) is 10.6 Å². The first kappa shape index (κ1) is 12.9. The van der Waals surface area contributed by atoms with Gasteiger partial charge in [-0.25, -0.2) is 0 Å². The van der Waals surface area contributed by atoms with Crippen molar-refractivity contribution in [3.63, 3.8) is 0 Å². The van der Waals surface area contributed by atoms with E-state index in [9.17, 15) is 4.79 Å². The van der Waals surface area contributed by atoms with E-state index in [1.54, 1.807) is 7.05 Å². The lowest BCUT2D eigenvalue weighted by Crippen LogP contribution is -2.43. The number of rotatable bonds is 5. The lowest BCUT2D eigenvalue weighted by atomic mass is 10.2. The van der Waals surface area contributed by atoms with Crippen LogP contribution in [0.3, 0.4) is 0 Å². The Morgan fingerprint density at radius 1 is 1.44 bits per heavy atom. The molecule has 18 heavy (non-hydrogen) atoms. The average Bonchev–Trinajstić information content (AvgIpc) is 2.80. The molecule has 0 radical (unpaired) electrons. The maximum absolute atomic E-state index is 11.4. The van der Waals surface area contributed by atoms with Gasteiger partial charge in [0.1, 0.15) is 0 Å². The van der Waals surface area contributed by atoms with E-state index in [-0.39, 0.29) is 5.91 Å². The van der Waals surface area contributed by atoms with Gasteiger partial charge in [0.15, 0.2) is 0 Å². The molecule has 1 aliphatic rings. The molecule has 0 saturated heterocycles. The average molecular weight is 247 g/mol. The first-order chi connectivity index (χ1) is 8.72. The highest BCUT2D eigenvalue weighted by Crippen LogP contribution is 2.28. The Morgan fingerprint density at radius 2 is 2.22 bits per heavy atom. The fourth-order valence-electron chi connectivity index (χ4n) is 2.42. The monoisotopic (exact) mass is 247 g/mol. The molecule has 1 amide bonds. The number of fused-ring (bicyclic) bond motifs is 1. The fourth-order valence-corrected chi connectivity index (χ4v) is 2.42. The first-order valence-electron chi connectivity index (χ1n) is 6.48. The summed E-state index contributed by atoms with van der Waals surface area (Å²) in [5.74, 6) is 0.0526. The normalized spacial score (nSPS) is 15.3. The van der Waals surface area contributed by atoms with E-state index in [2.05, 4.69) is 46.7 Å². The molecule has 0 aromatic heterocycles. The topological polar surface area (TPSA) is 44.4 Å². The van der Waals surface area contributed by atoms with Gasteiger partial charge >= 0.3 is 0 Å². The minimum absolute atomic E-state index is 0.0526. The lowest BCUT2D eigenvalue weighted by Gasteiger charge is -2.27. The second-order valence-electron chi connectivity index (χ2n) is 4.76. The third kappa shape index (κ3) is 2.82. The molecule has 0 spiro atoms. The molecule has 4 heteroatoms. The molecule has 1 aromatic rings. The molecule has 2 N–H and O–H groups in total. The summed E-state index contributed by atoms with van der Waals surface area (Å²) in [5.41, 5.74) is 2.72. The van der Waals surface area contributed by atoms with Gasteiger partial charge in [-0.1, -0.05) is 18.2 Å². The summed E-state index contributed by atoms with van der Waals surface area (Å²) in [6.07, 6.45) is 1.10. The van der Waals surface area contributed by atoms with Gasteiger partial charge < -0.3 is 15.5 Å². The molecule has 0 saturated carbocycles. The fraction of sp³-hybridized carbons (Fsp3) is 0.500. The lowest BCUT2D eigenvalue weighted by molar-refractivity contribution is -0.120. The Bertz CT molecular complexity index is 419. The number of anilines is 1. The highest BCUT2D eigenvalue weighted by Gasteiger charge is 2.22. The minimum atomic E-state index is 0.0526. The summed E-state index contributed by atoms with van der Waals surface area (Å²) in [6.45, 7) is 4.27. The van der Waals surface area contributed by atoms with Crippen molar-refractivity contribution in [2.45, 2.75) is 19.4 Å². The number of hydrogen-bond acceptors (Lipinski definition) is 3. The Balaban J connectivity index is 1.91. The zero-order valence-corrected chi connectivity index (χ0v) is 11.1. The van der Waals surface area contributed by atoms with Crippen molar-refractivity contribution in [3.05, 3.63) is 29.8 Å². The third-order valence-electron chi connectivity index (χ3n) is 3.39. The van der Waals surface area contributed by atoms with Gasteiger partial charge in [-0.2, -0.15) is 0 Å². The van der Waals surface area contributed by atoms with Gasteiger partial charge in [-0.15, -0.1) is 0 Å². The molecule has 0 bridgehead atoms. The summed E-state index contributed by atoms with van der Waals surface area (Å²) in [6, 6.07) is 8.83. The largest absolute Gasteiger partial charge is 0.366 e. The summed E-state index contributed by atoms with van der Waals surface area (Å²) in [7, 11) is 1.78. The van der Waals surface area contributed by atoms with Crippen LogP contribution in [0.15, 0.2) is 24.3 Å². The molecule has 98 valence electrons. The number of carbonyl (C=O) groups is 1. The summed E-state index contributed by atoms with van der Waals surface area (Å²) < 4.78 is 0. The van der Waals surface area contributed by atoms with Crippen molar-refractivity contribution in [3.8, 4) is 0 Å². The third-order valence-corrected chi connectivity index (χ3v) is 3.39. The van der Waals surface area contributed by atoms with Gasteiger partial charge in [0.25, 0.3) is 0 Å². The molecule has 2 rings (SSSR count). The Kier molecular flexibility index (Phi) is 4.20. The number of benzene rings is 1. The van der Waals surface area contributed by atoms with Crippen molar-refractivity contribution < 1.29 is 4.79 Å². The van der Waals surface area contributed by atoms with Gasteiger partial charge in [0.2, 0.25) is 5.91 Å². The second-order valence-corrected chi connectivity index (χ2v) is 4.76. The van der Waals surface area contributed by atoms with Crippen molar-refractivity contribution in [2.75, 3.05) is 31.6 Å². The number of hydrogen-bond donors (Lipinski definition) is 2. The summed E-state index contributed by atoms with van der Waals surface area (Å²) in [4.78, 5) is 13.8. The number of nitrogens with one attached hydrogen (secondary N) is 2. The SMILES string of the molecule is CNCC(=O)NCC(C)N1CCc2ccccc21. The summed E-state index contributed by atoms with van der Waals surface area (Å²) in [5, 5.41) is 5.80. The van der Waals surface area contributed by atoms with Crippen LogP contribution in [0.1, 0.15) is 12.5 Å². The van der Waals surface area contributed by atoms with Gasteiger partial charge in [-0.3, -0.25) is 4.79 Å². The summed E-state index contributed by atoms with van der Waals surface area (Å²) >= 11 is 0. The number of para-hydroxylation sites is 1. The Morgan fingerprint density at radius 3 is 3.00 bits per heavy atom. The molecule has 1 heterocycles. The van der Waals surface area contributed by atoms with Crippen LogP contribution in [0.2, 0.25) is 0 Å². The van der Waals surface area contributed by atoms with Crippen LogP contribution >= 0.6 is 0 Å². The molecular weight excluding hydrogens is 226 g/mol. The van der Waals surface area contributed by atoms with E-state index in [0.717, 1.165) is 13.0 Å². The predicted octanol–water partition coefficient (Wildman–Crippen LogP) is 0.773. The van der Waals surface area contributed by atoms with Gasteiger partial charge in [0, 0.05) is 24.8 Å². The second kappa shape index (κ2) is 5.87. The van der Waals surface area contributed by atoms with E-state index in [4.69, 9.17) is 0 Å². The maximum atomic E-state index is 11.4. The molecule has 1 aliphatic heterocycles. The number of amides is 1. The molecule has 0 aliphatic carbocycles. The molecule has 4 nitrogen and oxygen atoms in total. The zero-order valence-electron chi connectivity index (χ0n) is 11.1. The highest BCUT2D eigenvalue weighted by atomic mass is 16.1. The molecule has 1 unspecified atom stereocenters. The van der Waals surface area contributed by atoms with Crippen LogP contribution in [-0.4, -0.2) is 38.6 Å². The quantitative estimate of drug-likeness (QED) is 0.808. The van der Waals surface area contributed by atoms with Crippen molar-refractivity contribution >= 4 is 11.6 Å². The van der Waals surface area contributed by atoms with E-state index in [0.29, 0.717) is 19.1 Å². The first-order valence-corrected chi connectivity index (χ1v) is 6.48. The number of carbonyl (C=O) groups excluding carboxylic acids is 1. The molecular formula is C14H21N3O. The van der Waals surface area contributed by atoms with E-state index in [1.807, 2.05) is 0 Å². The highest BCUT2D eigenvalue weighted by molar-refractivity contribution is 5.78. The van der Waals surface area contributed by atoms with Crippen LogP contribution in [-0.2, 0) is 11.2 Å². The smallest absolute Gasteiger partial charge is 0.234 e. The Hall–Kier alpha value is -1.55. The number of likely N-dealkylation sites (N-methyl/N-ethyl adjacent to an activating group) is 1. The van der Waals surface area contributed by atoms with Crippen LogP contribution in [0, 0.1) is 0 Å². The minimum Gasteiger partial charge on any atom is -0.366 e. The van der Waals surface area contributed by atoms with E-state index >= 15 is 0 Å². The van der Waals surface area contributed by atoms with Crippen LogP contribution in [0.4, 0.5) is 5.69 Å². The Labute approximate surface area is 108 Å². The molecule has 0 fully saturated rings. The molecule has 1 aromatic carbocycles. The zero-order chi connectivity index (χ0) is 13.0. The van der Waals surface area contributed by atoms with E-state index < -0.39 is 0 Å². The standard InChI is InChI=1S/C14H21N3O/c1-11(9-16-14(18)10-15-2)17-8-7-12-5-3-4-6-13(12)17/h3-6,11,15H,7-10H2,1-2H3,(H,16,18). The molecule has 1 atom stereocenters. The van der Waals surface area contributed by atoms with Crippen LogP contribution in [0.25, 0.3) is 0 Å². The van der Waals surface area contributed by atoms with Crippen LogP contribution in [0.5, 0.6) is 0 Å².